The number of halogens is 2. The van der Waals surface area contributed by atoms with Gasteiger partial charge in [-0.2, -0.15) is 0 Å². The predicted octanol–water partition coefficient (Wildman–Crippen LogP) is 3.87. The third-order valence-electron chi connectivity index (χ3n) is 4.23. The van der Waals surface area contributed by atoms with Crippen LogP contribution in [-0.4, -0.2) is 18.4 Å². The Bertz CT molecular complexity index is 827. The minimum absolute atomic E-state index is 0.0132. The van der Waals surface area contributed by atoms with E-state index in [-0.39, 0.29) is 23.4 Å². The molecule has 2 aromatic rings. The minimum Gasteiger partial charge on any atom is -0.348 e. The average Bonchev–Trinajstić information content (AvgIpc) is 2.58. The van der Waals surface area contributed by atoms with Crippen LogP contribution in [0.1, 0.15) is 55.2 Å². The molecule has 0 fully saturated rings. The molecule has 27 heavy (non-hydrogen) atoms. The number of amides is 2. The summed E-state index contributed by atoms with van der Waals surface area (Å²) in [5.74, 6) is -2.25. The van der Waals surface area contributed by atoms with Gasteiger partial charge in [0.25, 0.3) is 5.91 Å². The summed E-state index contributed by atoms with van der Waals surface area (Å²) in [6, 6.07) is 9.72. The highest BCUT2D eigenvalue weighted by Gasteiger charge is 2.16. The molecule has 0 spiro atoms. The molecule has 2 N–H and O–H groups in total. The normalized spacial score (nSPS) is 12.4. The Morgan fingerprint density at radius 2 is 1.67 bits per heavy atom. The average molecular weight is 374 g/mol. The largest absolute Gasteiger partial charge is 0.348 e. The fourth-order valence-corrected chi connectivity index (χ4v) is 2.61. The Balaban J connectivity index is 1.90. The first kappa shape index (κ1) is 20.6. The third kappa shape index (κ3) is 5.61. The molecule has 0 unspecified atom stereocenters. The second-order valence-corrected chi connectivity index (χ2v) is 7.47. The highest BCUT2D eigenvalue weighted by atomic mass is 19.1. The second-order valence-electron chi connectivity index (χ2n) is 7.47. The number of carbonyl (C=O) groups excluding carboxylic acids is 2. The SMILES string of the molecule is C[C@H](NC(=O)CNC(=O)c1ccc(C(C)(C)C)cc1)c1ccc(F)cc1F. The maximum Gasteiger partial charge on any atom is 0.251 e. The Morgan fingerprint density at radius 3 is 2.22 bits per heavy atom. The zero-order valence-corrected chi connectivity index (χ0v) is 15.9. The lowest BCUT2D eigenvalue weighted by Crippen LogP contribution is -2.38. The summed E-state index contributed by atoms with van der Waals surface area (Å²) in [4.78, 5) is 24.2. The van der Waals surface area contributed by atoms with E-state index >= 15 is 0 Å². The number of nitrogens with one attached hydrogen (secondary N) is 2. The number of rotatable bonds is 5. The Labute approximate surface area is 158 Å². The van der Waals surface area contributed by atoms with Crippen molar-refractivity contribution < 1.29 is 18.4 Å². The summed E-state index contributed by atoms with van der Waals surface area (Å²) >= 11 is 0. The van der Waals surface area contributed by atoms with Gasteiger partial charge in [0.1, 0.15) is 11.6 Å². The van der Waals surface area contributed by atoms with Crippen LogP contribution in [0.4, 0.5) is 8.78 Å². The first-order valence-corrected chi connectivity index (χ1v) is 8.71. The van der Waals surface area contributed by atoms with E-state index in [0.717, 1.165) is 17.7 Å². The van der Waals surface area contributed by atoms with E-state index in [1.807, 2.05) is 12.1 Å². The summed E-state index contributed by atoms with van der Waals surface area (Å²) in [5, 5.41) is 5.11. The van der Waals surface area contributed by atoms with Crippen LogP contribution in [0.3, 0.4) is 0 Å². The van der Waals surface area contributed by atoms with Crippen LogP contribution in [0, 0.1) is 11.6 Å². The van der Waals surface area contributed by atoms with Gasteiger partial charge in [0.15, 0.2) is 0 Å². The molecule has 0 bridgehead atoms. The lowest BCUT2D eigenvalue weighted by molar-refractivity contribution is -0.120. The lowest BCUT2D eigenvalue weighted by Gasteiger charge is -2.19. The molecule has 6 heteroatoms. The lowest BCUT2D eigenvalue weighted by atomic mass is 9.87. The van der Waals surface area contributed by atoms with Gasteiger partial charge >= 0.3 is 0 Å². The number of carbonyl (C=O) groups is 2. The molecule has 0 aliphatic rings. The molecular weight excluding hydrogens is 350 g/mol. The molecule has 144 valence electrons. The maximum absolute atomic E-state index is 13.7. The quantitative estimate of drug-likeness (QED) is 0.835. The Kier molecular flexibility index (Phi) is 6.31. The first-order chi connectivity index (χ1) is 12.6. The fraction of sp³-hybridized carbons (Fsp3) is 0.333. The van der Waals surface area contributed by atoms with Crippen molar-refractivity contribution in [2.24, 2.45) is 0 Å². The predicted molar refractivity (Wildman–Crippen MR) is 100 cm³/mol. The molecule has 0 aromatic heterocycles. The van der Waals surface area contributed by atoms with Crippen LogP contribution in [0.5, 0.6) is 0 Å². The first-order valence-electron chi connectivity index (χ1n) is 8.71. The minimum atomic E-state index is -0.731. The standard InChI is InChI=1S/C21H24F2N2O2/c1-13(17-10-9-16(22)11-18(17)23)25-19(26)12-24-20(27)14-5-7-15(8-6-14)21(2,3)4/h5-11,13H,12H2,1-4H3,(H,24,27)(H,25,26)/t13-/m0/s1. The summed E-state index contributed by atoms with van der Waals surface area (Å²) in [6.07, 6.45) is 0. The van der Waals surface area contributed by atoms with Gasteiger partial charge in [-0.05, 0) is 36.1 Å². The fourth-order valence-electron chi connectivity index (χ4n) is 2.61. The van der Waals surface area contributed by atoms with E-state index in [4.69, 9.17) is 0 Å². The van der Waals surface area contributed by atoms with E-state index in [0.29, 0.717) is 5.56 Å². The highest BCUT2D eigenvalue weighted by molar-refractivity contribution is 5.96. The van der Waals surface area contributed by atoms with Crippen LogP contribution in [-0.2, 0) is 10.2 Å². The number of hydrogen-bond acceptors (Lipinski definition) is 2. The van der Waals surface area contributed by atoms with Gasteiger partial charge in [0.05, 0.1) is 12.6 Å². The van der Waals surface area contributed by atoms with E-state index in [2.05, 4.69) is 31.4 Å². The molecule has 0 aliphatic heterocycles. The topological polar surface area (TPSA) is 58.2 Å². The second kappa shape index (κ2) is 8.29. The monoisotopic (exact) mass is 374 g/mol. The van der Waals surface area contributed by atoms with E-state index < -0.39 is 23.6 Å². The van der Waals surface area contributed by atoms with Crippen LogP contribution < -0.4 is 10.6 Å². The van der Waals surface area contributed by atoms with Gasteiger partial charge in [-0.3, -0.25) is 9.59 Å². The van der Waals surface area contributed by atoms with Crippen molar-refractivity contribution in [1.82, 2.24) is 10.6 Å². The maximum atomic E-state index is 13.7. The van der Waals surface area contributed by atoms with E-state index in [1.165, 1.54) is 6.07 Å². The van der Waals surface area contributed by atoms with Crippen molar-refractivity contribution >= 4 is 11.8 Å². The number of hydrogen-bond donors (Lipinski definition) is 2. The van der Waals surface area contributed by atoms with Crippen molar-refractivity contribution in [3.05, 3.63) is 70.8 Å². The summed E-state index contributed by atoms with van der Waals surface area (Å²) in [7, 11) is 0. The van der Waals surface area contributed by atoms with E-state index in [1.54, 1.807) is 19.1 Å². The van der Waals surface area contributed by atoms with Crippen LogP contribution in [0.25, 0.3) is 0 Å². The summed E-state index contributed by atoms with van der Waals surface area (Å²) in [6.45, 7) is 7.58. The molecule has 2 rings (SSSR count). The highest BCUT2D eigenvalue weighted by Crippen LogP contribution is 2.22. The van der Waals surface area contributed by atoms with Crippen LogP contribution in [0.2, 0.25) is 0 Å². The molecule has 4 nitrogen and oxygen atoms in total. The van der Waals surface area contributed by atoms with Gasteiger partial charge in [0.2, 0.25) is 5.91 Å². The smallest absolute Gasteiger partial charge is 0.251 e. The van der Waals surface area contributed by atoms with Crippen molar-refractivity contribution in [1.29, 1.82) is 0 Å². The summed E-state index contributed by atoms with van der Waals surface area (Å²) < 4.78 is 26.7. The molecule has 2 aromatic carbocycles. The third-order valence-corrected chi connectivity index (χ3v) is 4.23. The number of benzene rings is 2. The van der Waals surface area contributed by atoms with Crippen molar-refractivity contribution in [2.45, 2.75) is 39.2 Å². The molecule has 2 amide bonds. The Morgan fingerprint density at radius 1 is 1.04 bits per heavy atom. The van der Waals surface area contributed by atoms with Crippen LogP contribution >= 0.6 is 0 Å². The van der Waals surface area contributed by atoms with Gasteiger partial charge in [-0.15, -0.1) is 0 Å². The van der Waals surface area contributed by atoms with Gasteiger partial charge in [-0.25, -0.2) is 8.78 Å². The van der Waals surface area contributed by atoms with Crippen molar-refractivity contribution in [3.8, 4) is 0 Å². The van der Waals surface area contributed by atoms with Gasteiger partial charge < -0.3 is 10.6 Å². The molecule has 0 saturated carbocycles. The Hall–Kier alpha value is -2.76. The molecule has 1 atom stereocenters. The van der Waals surface area contributed by atoms with Gasteiger partial charge in [0, 0.05) is 17.2 Å². The molecule has 0 radical (unpaired) electrons. The molecule has 0 heterocycles. The zero-order valence-electron chi connectivity index (χ0n) is 15.9. The summed E-state index contributed by atoms with van der Waals surface area (Å²) in [5.41, 5.74) is 1.72. The van der Waals surface area contributed by atoms with E-state index in [9.17, 15) is 18.4 Å². The zero-order chi connectivity index (χ0) is 20.2. The molecule has 0 aliphatic carbocycles. The molecular formula is C21H24F2N2O2. The van der Waals surface area contributed by atoms with Crippen molar-refractivity contribution in [3.63, 3.8) is 0 Å². The molecule has 0 saturated heterocycles. The van der Waals surface area contributed by atoms with Crippen LogP contribution in [0.15, 0.2) is 42.5 Å². The van der Waals surface area contributed by atoms with Crippen molar-refractivity contribution in [2.75, 3.05) is 6.54 Å². The van der Waals surface area contributed by atoms with Gasteiger partial charge in [-0.1, -0.05) is 39.0 Å².